The van der Waals surface area contributed by atoms with Crippen molar-refractivity contribution in [2.75, 3.05) is 5.75 Å². The van der Waals surface area contributed by atoms with Gasteiger partial charge in [0.2, 0.25) is 4.96 Å². The van der Waals surface area contributed by atoms with Crippen LogP contribution in [0.5, 0.6) is 0 Å². The summed E-state index contributed by atoms with van der Waals surface area (Å²) in [5.41, 5.74) is 3.47. The first-order valence-corrected chi connectivity index (χ1v) is 9.93. The van der Waals surface area contributed by atoms with Gasteiger partial charge in [-0.2, -0.15) is 4.52 Å². The zero-order valence-corrected chi connectivity index (χ0v) is 15.3. The summed E-state index contributed by atoms with van der Waals surface area (Å²) in [6.07, 6.45) is 4.59. The Hall–Kier alpha value is -2.06. The summed E-state index contributed by atoms with van der Waals surface area (Å²) < 4.78 is 1.89. The molecule has 4 rings (SSSR count). The lowest BCUT2D eigenvalue weighted by Crippen LogP contribution is -2.19. The van der Waals surface area contributed by atoms with Crippen LogP contribution in [0.15, 0.2) is 27.3 Å². The van der Waals surface area contributed by atoms with Crippen molar-refractivity contribution in [2.24, 2.45) is 0 Å². The molecule has 0 radical (unpaired) electrons. The fraction of sp³-hybridized carbons (Fsp3) is 0.353. The Morgan fingerprint density at radius 1 is 1.24 bits per heavy atom. The first-order valence-electron chi connectivity index (χ1n) is 8.13. The number of carbonyl (C=O) groups excluding carboxylic acids is 1. The molecule has 0 spiro atoms. The number of benzene rings is 1. The highest BCUT2D eigenvalue weighted by Crippen LogP contribution is 2.26. The van der Waals surface area contributed by atoms with Gasteiger partial charge < -0.3 is 0 Å². The molecule has 0 saturated heterocycles. The van der Waals surface area contributed by atoms with E-state index in [4.69, 9.17) is 0 Å². The number of aromatic nitrogens is 4. The number of hydrogen-bond donors (Lipinski definition) is 0. The van der Waals surface area contributed by atoms with Crippen LogP contribution in [0.2, 0.25) is 0 Å². The number of carbonyl (C=O) groups is 1. The minimum absolute atomic E-state index is 0.0761. The Balaban J connectivity index is 1.50. The molecular weight excluding hydrogens is 356 g/mol. The first kappa shape index (κ1) is 16.4. The summed E-state index contributed by atoms with van der Waals surface area (Å²) in [4.78, 5) is 24.9. The van der Waals surface area contributed by atoms with Gasteiger partial charge in [0.15, 0.2) is 10.1 Å². The smallest absolute Gasteiger partial charge is 0.293 e. The zero-order chi connectivity index (χ0) is 17.4. The van der Waals surface area contributed by atoms with Crippen molar-refractivity contribution in [3.05, 3.63) is 50.9 Å². The highest BCUT2D eigenvalue weighted by molar-refractivity contribution is 8.01. The molecule has 2 heterocycles. The lowest BCUT2D eigenvalue weighted by molar-refractivity contribution is 0.102. The average Bonchev–Trinajstić information content (AvgIpc) is 3.06. The number of thioether (sulfide) groups is 1. The first-order chi connectivity index (χ1) is 12.1. The zero-order valence-electron chi connectivity index (χ0n) is 13.7. The van der Waals surface area contributed by atoms with Gasteiger partial charge in [0, 0.05) is 5.56 Å². The summed E-state index contributed by atoms with van der Waals surface area (Å²) in [7, 11) is 0. The van der Waals surface area contributed by atoms with Crippen LogP contribution in [0.3, 0.4) is 0 Å². The number of rotatable bonds is 4. The van der Waals surface area contributed by atoms with E-state index in [1.807, 2.05) is 12.1 Å². The van der Waals surface area contributed by atoms with E-state index in [0.29, 0.717) is 20.7 Å². The number of Topliss-reactive ketones (excluding diaryl/α,β-unsaturated/α-hetero) is 1. The van der Waals surface area contributed by atoms with E-state index < -0.39 is 0 Å². The van der Waals surface area contributed by atoms with Crippen molar-refractivity contribution in [2.45, 2.75) is 36.9 Å². The van der Waals surface area contributed by atoms with E-state index in [-0.39, 0.29) is 11.3 Å². The topological polar surface area (TPSA) is 77.2 Å². The lowest BCUT2D eigenvalue weighted by atomic mass is 9.90. The van der Waals surface area contributed by atoms with Crippen LogP contribution in [0.25, 0.3) is 4.96 Å². The van der Waals surface area contributed by atoms with Crippen LogP contribution in [-0.2, 0) is 12.8 Å². The molecule has 0 amide bonds. The second kappa shape index (κ2) is 6.68. The largest absolute Gasteiger partial charge is 0.296 e. The summed E-state index contributed by atoms with van der Waals surface area (Å²) in [6, 6.07) is 6.04. The van der Waals surface area contributed by atoms with Crippen molar-refractivity contribution in [3.63, 3.8) is 0 Å². The van der Waals surface area contributed by atoms with E-state index in [0.717, 1.165) is 18.4 Å². The monoisotopic (exact) mass is 372 g/mol. The summed E-state index contributed by atoms with van der Waals surface area (Å²) in [5, 5.41) is 12.0. The van der Waals surface area contributed by atoms with Gasteiger partial charge in [-0.05, 0) is 49.8 Å². The molecule has 0 fully saturated rings. The van der Waals surface area contributed by atoms with Crippen LogP contribution in [0.4, 0.5) is 0 Å². The average molecular weight is 372 g/mol. The van der Waals surface area contributed by atoms with Crippen LogP contribution in [0.1, 0.15) is 40.0 Å². The van der Waals surface area contributed by atoms with Gasteiger partial charge in [0.1, 0.15) is 5.69 Å². The van der Waals surface area contributed by atoms with E-state index in [1.165, 1.54) is 51.6 Å². The van der Waals surface area contributed by atoms with Gasteiger partial charge >= 0.3 is 0 Å². The molecule has 128 valence electrons. The van der Waals surface area contributed by atoms with Crippen LogP contribution >= 0.6 is 23.1 Å². The number of ketones is 1. The normalized spacial score (nSPS) is 13.8. The second-order valence-electron chi connectivity index (χ2n) is 6.06. The van der Waals surface area contributed by atoms with Gasteiger partial charge in [-0.15, -0.1) is 15.3 Å². The molecule has 0 atom stereocenters. The van der Waals surface area contributed by atoms with Crippen LogP contribution < -0.4 is 5.56 Å². The maximum atomic E-state index is 12.5. The number of fused-ring (bicyclic) bond motifs is 2. The molecule has 1 aliphatic carbocycles. The molecule has 1 aliphatic rings. The number of aryl methyl sites for hydroxylation is 3. The van der Waals surface area contributed by atoms with Crippen molar-refractivity contribution in [1.82, 2.24) is 19.8 Å². The maximum Gasteiger partial charge on any atom is 0.296 e. The second-order valence-corrected chi connectivity index (χ2v) is 8.23. The van der Waals surface area contributed by atoms with E-state index in [9.17, 15) is 9.59 Å². The molecule has 1 aromatic carbocycles. The molecule has 0 aliphatic heterocycles. The van der Waals surface area contributed by atoms with E-state index in [1.54, 1.807) is 6.92 Å². The minimum atomic E-state index is -0.269. The molecule has 0 bridgehead atoms. The Bertz CT molecular complexity index is 1030. The van der Waals surface area contributed by atoms with Gasteiger partial charge in [-0.3, -0.25) is 9.59 Å². The SMILES string of the molecule is Cc1nnc2sc(SCC(=O)c3ccc4c(c3)CCCC4)nn2c1=O. The van der Waals surface area contributed by atoms with Gasteiger partial charge in [-0.1, -0.05) is 35.2 Å². The Kier molecular flexibility index (Phi) is 4.39. The van der Waals surface area contributed by atoms with E-state index >= 15 is 0 Å². The third-order valence-electron chi connectivity index (χ3n) is 4.33. The molecule has 3 aromatic rings. The molecule has 0 unspecified atom stereocenters. The quantitative estimate of drug-likeness (QED) is 0.518. The number of nitrogens with zero attached hydrogens (tertiary/aromatic N) is 4. The standard InChI is InChI=1S/C17H16N4O2S2/c1-10-15(23)21-16(19-18-10)25-17(20-21)24-9-14(22)13-7-6-11-4-2-3-5-12(11)8-13/h6-8H,2-5,9H2,1H3. The Labute approximate surface area is 152 Å². The van der Waals surface area contributed by atoms with E-state index in [2.05, 4.69) is 21.4 Å². The third-order valence-corrected chi connectivity index (χ3v) is 6.36. The third kappa shape index (κ3) is 3.23. The fourth-order valence-electron chi connectivity index (χ4n) is 2.95. The highest BCUT2D eigenvalue weighted by atomic mass is 32.2. The number of hydrogen-bond acceptors (Lipinski definition) is 7. The van der Waals surface area contributed by atoms with Gasteiger partial charge in [0.05, 0.1) is 5.75 Å². The molecule has 8 heteroatoms. The predicted octanol–water partition coefficient (Wildman–Crippen LogP) is 2.71. The Morgan fingerprint density at radius 3 is 2.88 bits per heavy atom. The lowest BCUT2D eigenvalue weighted by Gasteiger charge is -2.16. The summed E-state index contributed by atoms with van der Waals surface area (Å²) in [6.45, 7) is 1.60. The van der Waals surface area contributed by atoms with Gasteiger partial charge in [-0.25, -0.2) is 0 Å². The van der Waals surface area contributed by atoms with Crippen LogP contribution in [-0.4, -0.2) is 31.3 Å². The van der Waals surface area contributed by atoms with Gasteiger partial charge in [0.25, 0.3) is 5.56 Å². The molecule has 0 N–H and O–H groups in total. The highest BCUT2D eigenvalue weighted by Gasteiger charge is 2.15. The Morgan fingerprint density at radius 2 is 2.04 bits per heavy atom. The van der Waals surface area contributed by atoms with Crippen molar-refractivity contribution >= 4 is 33.8 Å². The molecule has 0 saturated carbocycles. The van der Waals surface area contributed by atoms with Crippen molar-refractivity contribution in [1.29, 1.82) is 0 Å². The maximum absolute atomic E-state index is 12.5. The minimum Gasteiger partial charge on any atom is -0.293 e. The van der Waals surface area contributed by atoms with Crippen LogP contribution in [0, 0.1) is 6.92 Å². The molecule has 25 heavy (non-hydrogen) atoms. The molecular formula is C17H16N4O2S2. The summed E-state index contributed by atoms with van der Waals surface area (Å²) in [5.74, 6) is 0.368. The molecule has 2 aromatic heterocycles. The molecule has 6 nitrogen and oxygen atoms in total. The van der Waals surface area contributed by atoms with Crippen molar-refractivity contribution in [3.8, 4) is 0 Å². The summed E-state index contributed by atoms with van der Waals surface area (Å²) >= 11 is 2.60. The van der Waals surface area contributed by atoms with Crippen molar-refractivity contribution < 1.29 is 4.79 Å². The fourth-order valence-corrected chi connectivity index (χ4v) is 4.72. The predicted molar refractivity (Wildman–Crippen MR) is 97.8 cm³/mol.